The number of phenolic OH excluding ortho intramolecular Hbond substituents is 1. The summed E-state index contributed by atoms with van der Waals surface area (Å²) >= 11 is 3.19. The van der Waals surface area contributed by atoms with Crippen molar-refractivity contribution in [3.63, 3.8) is 0 Å². The summed E-state index contributed by atoms with van der Waals surface area (Å²) in [6.07, 6.45) is 0.223. The summed E-state index contributed by atoms with van der Waals surface area (Å²) in [7, 11) is 1.46. The van der Waals surface area contributed by atoms with Crippen molar-refractivity contribution in [3.8, 4) is 17.6 Å². The Morgan fingerprint density at radius 3 is 2.75 bits per heavy atom. The lowest BCUT2D eigenvalue weighted by molar-refractivity contribution is 0.371. The highest BCUT2D eigenvalue weighted by molar-refractivity contribution is 9.10. The van der Waals surface area contributed by atoms with E-state index in [-0.39, 0.29) is 30.6 Å². The van der Waals surface area contributed by atoms with Crippen molar-refractivity contribution >= 4 is 28.3 Å². The molecule has 0 amide bonds. The molecule has 6 heteroatoms. The first kappa shape index (κ1) is 15.0. The first-order valence-corrected chi connectivity index (χ1v) is 5.08. The fraction of sp³-hybridized carbons (Fsp3) is 0.300. The molecule has 0 radical (unpaired) electrons. The fourth-order valence-corrected chi connectivity index (χ4v) is 1.64. The highest BCUT2D eigenvalue weighted by Crippen LogP contribution is 2.36. The van der Waals surface area contributed by atoms with E-state index in [1.807, 2.05) is 6.07 Å². The Morgan fingerprint density at radius 2 is 2.25 bits per heavy atom. The molecule has 0 unspecified atom stereocenters. The predicted octanol–water partition coefficient (Wildman–Crippen LogP) is 2.50. The normalized spacial score (nSPS) is 11.1. The molecule has 0 saturated heterocycles. The van der Waals surface area contributed by atoms with E-state index in [0.29, 0.717) is 10.2 Å². The minimum absolute atomic E-state index is 0. The first-order chi connectivity index (χ1) is 7.10. The Hall–Kier alpha value is -0.960. The molecule has 1 aromatic carbocycles. The molecule has 3 N–H and O–H groups in total. The summed E-state index contributed by atoms with van der Waals surface area (Å²) in [5.74, 6) is 0.373. The minimum atomic E-state index is -0.374. The van der Waals surface area contributed by atoms with Crippen molar-refractivity contribution in [2.24, 2.45) is 5.73 Å². The molecule has 0 aromatic heterocycles. The summed E-state index contributed by atoms with van der Waals surface area (Å²) in [4.78, 5) is 0. The SMILES string of the molecule is COc1cc([C@@H](N)CC#N)cc(Br)c1O.Cl. The third-order valence-corrected chi connectivity index (χ3v) is 2.61. The number of benzene rings is 1. The lowest BCUT2D eigenvalue weighted by Crippen LogP contribution is -2.09. The molecule has 0 spiro atoms. The van der Waals surface area contributed by atoms with E-state index in [9.17, 15) is 5.11 Å². The van der Waals surface area contributed by atoms with Crippen molar-refractivity contribution in [2.45, 2.75) is 12.5 Å². The largest absolute Gasteiger partial charge is 0.503 e. The number of rotatable bonds is 3. The van der Waals surface area contributed by atoms with Crippen LogP contribution in [0.2, 0.25) is 0 Å². The predicted molar refractivity (Wildman–Crippen MR) is 66.8 cm³/mol. The number of phenols is 1. The highest BCUT2D eigenvalue weighted by atomic mass is 79.9. The van der Waals surface area contributed by atoms with Crippen LogP contribution in [0.15, 0.2) is 16.6 Å². The number of nitriles is 1. The van der Waals surface area contributed by atoms with Crippen LogP contribution in [0.1, 0.15) is 18.0 Å². The second-order valence-corrected chi connectivity index (χ2v) is 3.88. The lowest BCUT2D eigenvalue weighted by Gasteiger charge is -2.12. The van der Waals surface area contributed by atoms with Crippen LogP contribution in [-0.4, -0.2) is 12.2 Å². The number of halogens is 2. The van der Waals surface area contributed by atoms with Crippen LogP contribution in [-0.2, 0) is 0 Å². The minimum Gasteiger partial charge on any atom is -0.503 e. The summed E-state index contributed by atoms with van der Waals surface area (Å²) < 4.78 is 5.48. The van der Waals surface area contributed by atoms with Crippen molar-refractivity contribution < 1.29 is 9.84 Å². The van der Waals surface area contributed by atoms with E-state index in [2.05, 4.69) is 15.9 Å². The van der Waals surface area contributed by atoms with Gasteiger partial charge in [0.05, 0.1) is 24.1 Å². The maximum absolute atomic E-state index is 9.56. The molecule has 0 aliphatic rings. The fourth-order valence-electron chi connectivity index (χ4n) is 1.18. The van der Waals surface area contributed by atoms with Gasteiger partial charge in [0, 0.05) is 6.04 Å². The Bertz CT molecular complexity index is 407. The molecule has 0 bridgehead atoms. The maximum Gasteiger partial charge on any atom is 0.172 e. The van der Waals surface area contributed by atoms with Crippen LogP contribution < -0.4 is 10.5 Å². The first-order valence-electron chi connectivity index (χ1n) is 4.29. The molecule has 0 heterocycles. The molecule has 1 aromatic rings. The van der Waals surface area contributed by atoms with Gasteiger partial charge < -0.3 is 15.6 Å². The number of methoxy groups -OCH3 is 1. The van der Waals surface area contributed by atoms with Crippen LogP contribution in [0.5, 0.6) is 11.5 Å². The van der Waals surface area contributed by atoms with Gasteiger partial charge in [-0.05, 0) is 33.6 Å². The summed E-state index contributed by atoms with van der Waals surface area (Å²) in [5, 5.41) is 18.1. The van der Waals surface area contributed by atoms with E-state index in [1.54, 1.807) is 12.1 Å². The Balaban J connectivity index is 0.00000225. The molecule has 0 aliphatic carbocycles. The Kier molecular flexibility index (Phi) is 6.19. The zero-order valence-electron chi connectivity index (χ0n) is 8.61. The van der Waals surface area contributed by atoms with E-state index in [4.69, 9.17) is 15.7 Å². The lowest BCUT2D eigenvalue weighted by atomic mass is 10.0. The molecule has 0 fully saturated rings. The number of hydrogen-bond donors (Lipinski definition) is 2. The van der Waals surface area contributed by atoms with Crippen LogP contribution in [0, 0.1) is 11.3 Å². The molecule has 4 nitrogen and oxygen atoms in total. The highest BCUT2D eigenvalue weighted by Gasteiger charge is 2.12. The Labute approximate surface area is 109 Å². The van der Waals surface area contributed by atoms with Gasteiger partial charge in [-0.2, -0.15) is 5.26 Å². The van der Waals surface area contributed by atoms with Crippen LogP contribution in [0.25, 0.3) is 0 Å². The monoisotopic (exact) mass is 306 g/mol. The zero-order valence-corrected chi connectivity index (χ0v) is 11.0. The standard InChI is InChI=1S/C10H11BrN2O2.ClH/c1-15-9-5-6(8(13)2-3-12)4-7(11)10(9)14;/h4-5,8,14H,2,13H2,1H3;1H/t8-;/m0./s1. The summed E-state index contributed by atoms with van der Waals surface area (Å²) in [5.41, 5.74) is 6.52. The average Bonchev–Trinajstić information content (AvgIpc) is 2.22. The molecule has 0 saturated carbocycles. The van der Waals surface area contributed by atoms with Gasteiger partial charge >= 0.3 is 0 Å². The number of nitrogens with two attached hydrogens (primary N) is 1. The van der Waals surface area contributed by atoms with Gasteiger partial charge in [0.25, 0.3) is 0 Å². The third kappa shape index (κ3) is 3.27. The topological polar surface area (TPSA) is 79.3 Å². The second-order valence-electron chi connectivity index (χ2n) is 3.02. The van der Waals surface area contributed by atoms with Gasteiger partial charge in [-0.1, -0.05) is 0 Å². The number of hydrogen-bond acceptors (Lipinski definition) is 4. The molecule has 1 rings (SSSR count). The summed E-state index contributed by atoms with van der Waals surface area (Å²) in [6.45, 7) is 0. The summed E-state index contributed by atoms with van der Waals surface area (Å²) in [6, 6.07) is 4.93. The number of aromatic hydroxyl groups is 1. The van der Waals surface area contributed by atoms with Crippen molar-refractivity contribution in [1.29, 1.82) is 5.26 Å². The van der Waals surface area contributed by atoms with Gasteiger partial charge in [-0.3, -0.25) is 0 Å². The van der Waals surface area contributed by atoms with Crippen molar-refractivity contribution in [3.05, 3.63) is 22.2 Å². The van der Waals surface area contributed by atoms with Gasteiger partial charge in [0.2, 0.25) is 0 Å². The maximum atomic E-state index is 9.56. The third-order valence-electron chi connectivity index (χ3n) is 2.01. The molecule has 1 atom stereocenters. The molecule has 88 valence electrons. The van der Waals surface area contributed by atoms with Crippen LogP contribution in [0.4, 0.5) is 0 Å². The molecular formula is C10H12BrClN2O2. The Morgan fingerprint density at radius 1 is 1.62 bits per heavy atom. The van der Waals surface area contributed by atoms with Gasteiger partial charge in [0.1, 0.15) is 0 Å². The van der Waals surface area contributed by atoms with E-state index >= 15 is 0 Å². The van der Waals surface area contributed by atoms with Crippen molar-refractivity contribution in [2.75, 3.05) is 7.11 Å². The van der Waals surface area contributed by atoms with E-state index < -0.39 is 0 Å². The smallest absolute Gasteiger partial charge is 0.172 e. The zero-order chi connectivity index (χ0) is 11.4. The second kappa shape index (κ2) is 6.59. The van der Waals surface area contributed by atoms with E-state index in [0.717, 1.165) is 5.56 Å². The molecule has 16 heavy (non-hydrogen) atoms. The van der Waals surface area contributed by atoms with Gasteiger partial charge in [-0.15, -0.1) is 12.4 Å². The number of nitrogens with zero attached hydrogens (tertiary/aromatic N) is 1. The average molecular weight is 308 g/mol. The quantitative estimate of drug-likeness (QED) is 0.899. The van der Waals surface area contributed by atoms with Gasteiger partial charge in [-0.25, -0.2) is 0 Å². The molecule has 0 aliphatic heterocycles. The van der Waals surface area contributed by atoms with Crippen LogP contribution >= 0.6 is 28.3 Å². The van der Waals surface area contributed by atoms with E-state index in [1.165, 1.54) is 7.11 Å². The van der Waals surface area contributed by atoms with Gasteiger partial charge in [0.15, 0.2) is 11.5 Å². The van der Waals surface area contributed by atoms with Crippen molar-refractivity contribution in [1.82, 2.24) is 0 Å². The van der Waals surface area contributed by atoms with Crippen LogP contribution in [0.3, 0.4) is 0 Å². The molecular weight excluding hydrogens is 295 g/mol. The number of ether oxygens (including phenoxy) is 1.